The highest BCUT2D eigenvalue weighted by atomic mass is 16.3. The third-order valence-electron chi connectivity index (χ3n) is 4.72. The van der Waals surface area contributed by atoms with Gasteiger partial charge in [-0.15, -0.1) is 4.91 Å². The van der Waals surface area contributed by atoms with Crippen molar-refractivity contribution in [1.82, 2.24) is 0 Å². The molecule has 0 radical (unpaired) electrons. The lowest BCUT2D eigenvalue weighted by Crippen LogP contribution is -2.28. The second-order valence-corrected chi connectivity index (χ2v) is 5.99. The molecule has 0 aromatic heterocycles. The van der Waals surface area contributed by atoms with E-state index in [4.69, 9.17) is 0 Å². The number of nitrogens with zero attached hydrogens (tertiary/aromatic N) is 1. The van der Waals surface area contributed by atoms with E-state index in [0.29, 0.717) is 5.69 Å². The average Bonchev–Trinajstić information content (AvgIpc) is 2.66. The van der Waals surface area contributed by atoms with Crippen LogP contribution in [0.2, 0.25) is 0 Å². The Morgan fingerprint density at radius 3 is 1.40 bits per heavy atom. The molecule has 0 aliphatic heterocycles. The first-order chi connectivity index (χ1) is 12.1. The topological polar surface area (TPSA) is 69.9 Å². The Morgan fingerprint density at radius 1 is 0.720 bits per heavy atom. The van der Waals surface area contributed by atoms with Crippen LogP contribution in [0.25, 0.3) is 0 Å². The summed E-state index contributed by atoms with van der Waals surface area (Å²) in [4.78, 5) is 10.7. The summed E-state index contributed by atoms with van der Waals surface area (Å²) in [6, 6.07) is 21.5. The van der Waals surface area contributed by atoms with Gasteiger partial charge in [0.25, 0.3) is 0 Å². The van der Waals surface area contributed by atoms with Crippen LogP contribution in [-0.4, -0.2) is 10.2 Å². The molecule has 0 spiro atoms. The van der Waals surface area contributed by atoms with Gasteiger partial charge in [0.2, 0.25) is 0 Å². The van der Waals surface area contributed by atoms with Crippen LogP contribution in [0.3, 0.4) is 0 Å². The summed E-state index contributed by atoms with van der Waals surface area (Å²) < 4.78 is 0. The monoisotopic (exact) mass is 333 g/mol. The summed E-state index contributed by atoms with van der Waals surface area (Å²) in [5.74, 6) is 0.417. The largest absolute Gasteiger partial charge is 0.508 e. The Morgan fingerprint density at radius 2 is 1.08 bits per heavy atom. The van der Waals surface area contributed by atoms with Crippen molar-refractivity contribution in [1.29, 1.82) is 0 Å². The van der Waals surface area contributed by atoms with E-state index in [1.165, 1.54) is 0 Å². The number of phenolic OH excluding ortho intramolecular Hbond substituents is 2. The highest BCUT2D eigenvalue weighted by molar-refractivity contribution is 5.54. The molecule has 0 aliphatic carbocycles. The Hall–Kier alpha value is -3.14. The van der Waals surface area contributed by atoms with Crippen LogP contribution in [0.4, 0.5) is 5.69 Å². The second kappa shape index (κ2) is 6.77. The lowest BCUT2D eigenvalue weighted by Gasteiger charge is -2.35. The maximum atomic E-state index is 10.7. The van der Waals surface area contributed by atoms with Crippen molar-refractivity contribution in [2.75, 3.05) is 0 Å². The van der Waals surface area contributed by atoms with Crippen LogP contribution in [0, 0.1) is 4.91 Å². The summed E-state index contributed by atoms with van der Waals surface area (Å²) in [5, 5.41) is 22.3. The average molecular weight is 333 g/mol. The van der Waals surface area contributed by atoms with Gasteiger partial charge in [-0.3, -0.25) is 0 Å². The number of phenols is 2. The van der Waals surface area contributed by atoms with E-state index in [0.717, 1.165) is 23.1 Å². The molecule has 0 amide bonds. The Balaban J connectivity index is 2.26. The van der Waals surface area contributed by atoms with Gasteiger partial charge in [-0.1, -0.05) is 43.3 Å². The zero-order valence-electron chi connectivity index (χ0n) is 13.9. The van der Waals surface area contributed by atoms with E-state index in [9.17, 15) is 15.1 Å². The van der Waals surface area contributed by atoms with Crippen LogP contribution in [0.1, 0.15) is 30.0 Å². The van der Waals surface area contributed by atoms with Crippen molar-refractivity contribution in [3.8, 4) is 11.5 Å². The van der Waals surface area contributed by atoms with Crippen LogP contribution < -0.4 is 0 Å². The predicted molar refractivity (Wildman–Crippen MR) is 98.3 cm³/mol. The fraction of sp³-hybridized carbons (Fsp3) is 0.143. The summed E-state index contributed by atoms with van der Waals surface area (Å²) in [6.07, 6.45) is 0.760. The van der Waals surface area contributed by atoms with Crippen molar-refractivity contribution in [3.05, 3.63) is 94.4 Å². The number of hydrogen-bond acceptors (Lipinski definition) is 4. The van der Waals surface area contributed by atoms with E-state index in [1.54, 1.807) is 36.4 Å². The molecule has 3 rings (SSSR count). The molecule has 0 aliphatic rings. The van der Waals surface area contributed by atoms with Crippen LogP contribution in [0.5, 0.6) is 11.5 Å². The SMILES string of the molecule is CCC(c1ccc(O)cc1)(c1ccc(O)cc1)c1ccc(N=O)cc1. The molecular formula is C21H19NO3. The molecule has 3 aromatic rings. The number of hydrogen-bond donors (Lipinski definition) is 2. The van der Waals surface area contributed by atoms with Gasteiger partial charge < -0.3 is 10.2 Å². The molecule has 0 unspecified atom stereocenters. The third-order valence-corrected chi connectivity index (χ3v) is 4.72. The van der Waals surface area contributed by atoms with Crippen molar-refractivity contribution >= 4 is 5.69 Å². The van der Waals surface area contributed by atoms with Gasteiger partial charge in [-0.05, 0) is 64.7 Å². The zero-order chi connectivity index (χ0) is 17.9. The van der Waals surface area contributed by atoms with Gasteiger partial charge in [-0.2, -0.15) is 0 Å². The van der Waals surface area contributed by atoms with Crippen LogP contribution in [-0.2, 0) is 5.41 Å². The van der Waals surface area contributed by atoms with Gasteiger partial charge in [0, 0.05) is 5.41 Å². The minimum absolute atomic E-state index is 0.208. The van der Waals surface area contributed by atoms with Gasteiger partial charge in [-0.25, -0.2) is 0 Å². The smallest absolute Gasteiger partial charge is 0.115 e. The third kappa shape index (κ3) is 2.98. The normalized spacial score (nSPS) is 11.2. The zero-order valence-corrected chi connectivity index (χ0v) is 13.9. The van der Waals surface area contributed by atoms with Gasteiger partial charge in [0.1, 0.15) is 17.2 Å². The highest BCUT2D eigenvalue weighted by Crippen LogP contribution is 2.43. The maximum Gasteiger partial charge on any atom is 0.115 e. The van der Waals surface area contributed by atoms with E-state index < -0.39 is 5.41 Å². The molecule has 4 heteroatoms. The molecule has 0 atom stereocenters. The molecule has 0 saturated heterocycles. The van der Waals surface area contributed by atoms with E-state index >= 15 is 0 Å². The minimum atomic E-state index is -0.469. The summed E-state index contributed by atoms with van der Waals surface area (Å²) in [7, 11) is 0. The number of benzene rings is 3. The molecule has 0 heterocycles. The summed E-state index contributed by atoms with van der Waals surface area (Å²) in [5.41, 5.74) is 2.96. The predicted octanol–water partition coefficient (Wildman–Crippen LogP) is 5.24. The van der Waals surface area contributed by atoms with Gasteiger partial charge >= 0.3 is 0 Å². The fourth-order valence-electron chi connectivity index (χ4n) is 3.41. The molecule has 2 N–H and O–H groups in total. The number of nitroso groups, excluding NO2 is 1. The molecule has 0 fully saturated rings. The van der Waals surface area contributed by atoms with Crippen molar-refractivity contribution in [3.63, 3.8) is 0 Å². The van der Waals surface area contributed by atoms with Crippen molar-refractivity contribution in [2.24, 2.45) is 5.18 Å². The van der Waals surface area contributed by atoms with Crippen molar-refractivity contribution < 1.29 is 10.2 Å². The molecular weight excluding hydrogens is 314 g/mol. The molecule has 0 bridgehead atoms. The molecule has 25 heavy (non-hydrogen) atoms. The van der Waals surface area contributed by atoms with E-state index in [-0.39, 0.29) is 11.5 Å². The van der Waals surface area contributed by atoms with E-state index in [1.807, 2.05) is 36.4 Å². The summed E-state index contributed by atoms with van der Waals surface area (Å²) in [6.45, 7) is 2.09. The Kier molecular flexibility index (Phi) is 4.52. The first-order valence-electron chi connectivity index (χ1n) is 8.13. The van der Waals surface area contributed by atoms with Gasteiger partial charge in [0.05, 0.1) is 0 Å². The van der Waals surface area contributed by atoms with Crippen molar-refractivity contribution in [2.45, 2.75) is 18.8 Å². The first kappa shape index (κ1) is 16.7. The molecule has 3 aromatic carbocycles. The molecule has 4 nitrogen and oxygen atoms in total. The van der Waals surface area contributed by atoms with Crippen LogP contribution in [0.15, 0.2) is 78.0 Å². The summed E-state index contributed by atoms with van der Waals surface area (Å²) >= 11 is 0. The van der Waals surface area contributed by atoms with E-state index in [2.05, 4.69) is 12.1 Å². The Bertz CT molecular complexity index is 808. The number of rotatable bonds is 5. The lowest BCUT2D eigenvalue weighted by molar-refractivity contribution is 0.473. The van der Waals surface area contributed by atoms with Gasteiger partial charge in [0.15, 0.2) is 0 Å². The lowest BCUT2D eigenvalue weighted by atomic mass is 9.67. The Labute approximate surface area is 146 Å². The standard InChI is InChI=1S/C21H19NO3/c1-2-21(16-5-11-19(23)12-6-16,17-7-13-20(24)14-8-17)15-3-9-18(22-25)10-4-15/h3-14,23-24H,2H2,1H3. The van der Waals surface area contributed by atoms with Crippen LogP contribution >= 0.6 is 0 Å². The number of aromatic hydroxyl groups is 2. The first-order valence-corrected chi connectivity index (χ1v) is 8.13. The fourth-order valence-corrected chi connectivity index (χ4v) is 3.41. The quantitative estimate of drug-likeness (QED) is 0.495. The maximum absolute atomic E-state index is 10.7. The molecule has 0 saturated carbocycles. The minimum Gasteiger partial charge on any atom is -0.508 e. The second-order valence-electron chi connectivity index (χ2n) is 5.99. The highest BCUT2D eigenvalue weighted by Gasteiger charge is 2.34. The molecule has 126 valence electrons.